The Balaban J connectivity index is -0.000000680. The van der Waals surface area contributed by atoms with Crippen molar-refractivity contribution in [1.82, 2.24) is 0 Å². The molecule has 0 fully saturated rings. The van der Waals surface area contributed by atoms with Gasteiger partial charge in [-0.1, -0.05) is 194 Å². The van der Waals surface area contributed by atoms with Crippen molar-refractivity contribution in [2.45, 2.75) is 219 Å². The number of rotatable bonds is 32. The van der Waals surface area contributed by atoms with E-state index < -0.39 is 23.8 Å². The summed E-state index contributed by atoms with van der Waals surface area (Å²) in [5.41, 5.74) is 0. The Kier molecular flexibility index (Phi) is 47.7. The summed E-state index contributed by atoms with van der Waals surface area (Å²) >= 11 is -3.13. The van der Waals surface area contributed by atoms with Crippen molar-refractivity contribution >= 4 is 49.6 Å². The number of halogens is 4. The molecule has 0 aromatic carbocycles. The Hall–Kier alpha value is 0.788. The molecule has 0 aliphatic heterocycles. The van der Waals surface area contributed by atoms with Crippen molar-refractivity contribution in [1.29, 1.82) is 0 Å². The maximum atomic E-state index is 10.2. The number of aliphatic carboxylic acids is 2. The van der Waals surface area contributed by atoms with E-state index in [1.807, 2.05) is 0 Å². The monoisotopic (exact) mass is 804 g/mol. The van der Waals surface area contributed by atoms with Gasteiger partial charge >= 0.3 is 49.6 Å². The van der Waals surface area contributed by atoms with Crippen LogP contribution in [0, 0.1) is 0 Å². The molecule has 0 saturated heterocycles. The molecule has 45 heavy (non-hydrogen) atoms. The number of carbonyl (C=O) groups is 2. The van der Waals surface area contributed by atoms with Crippen LogP contribution in [0.5, 0.6) is 0 Å². The van der Waals surface area contributed by atoms with Crippen LogP contribution >= 0.6 is 37.7 Å². The van der Waals surface area contributed by atoms with Gasteiger partial charge in [-0.25, -0.2) is 0 Å². The van der Waals surface area contributed by atoms with Crippen molar-refractivity contribution in [2.75, 3.05) is 0 Å². The Morgan fingerprint density at radius 3 is 0.622 bits per heavy atom. The zero-order chi connectivity index (χ0) is 34.3. The second-order valence-electron chi connectivity index (χ2n) is 12.5. The molecular formula is C36H70Cl4MoO4. The van der Waals surface area contributed by atoms with E-state index in [1.54, 1.807) is 0 Å². The third-order valence-electron chi connectivity index (χ3n) is 7.97. The Labute approximate surface area is 298 Å². The standard InChI is InChI=1S/2C18H36O2.4ClH.Mo/c2*1-2-3-4-5-6-7-8-9-10-11-12-13-14-15-16-17-18(19)20;;;;;/h2*2-17H2,1H3,(H,19,20);4*1H;/q;;;;;;+6/p-6. The zero-order valence-corrected chi connectivity index (χ0v) is 34.2. The maximum absolute atomic E-state index is 10.2. The fourth-order valence-corrected chi connectivity index (χ4v) is 5.28. The molecule has 0 N–H and O–H groups in total. The molecule has 0 spiro atoms. The molecule has 0 heterocycles. The van der Waals surface area contributed by atoms with Crippen molar-refractivity contribution in [2.24, 2.45) is 0 Å². The molecule has 0 atom stereocenters. The second-order valence-corrected chi connectivity index (χ2v) is 30.8. The Bertz CT molecular complexity index is 542. The summed E-state index contributed by atoms with van der Waals surface area (Å²) in [6.07, 6.45) is 39.7. The molecule has 0 aromatic rings. The normalized spacial score (nSPS) is 11.0. The minimum absolute atomic E-state index is 0.234. The number of unbranched alkanes of at least 4 members (excludes halogenated alkanes) is 28. The molecule has 0 unspecified atom stereocenters. The van der Waals surface area contributed by atoms with Crippen LogP contribution < -0.4 is 10.2 Å². The third-order valence-corrected chi connectivity index (χ3v) is 7.97. The molecule has 0 bridgehead atoms. The SMILES string of the molecule is CCCCCCCCCCCCCCCCCC(=O)[O-].CCCCCCCCCCCCCCCCCC(=O)[O-].[Cl][Mo+2]([Cl])([Cl])[Cl]. The molecule has 0 radical (unpaired) electrons. The van der Waals surface area contributed by atoms with E-state index in [0.29, 0.717) is 0 Å². The fourth-order valence-electron chi connectivity index (χ4n) is 5.28. The summed E-state index contributed by atoms with van der Waals surface area (Å²) in [5.74, 6) is -1.81. The molecule has 4 nitrogen and oxygen atoms in total. The van der Waals surface area contributed by atoms with Gasteiger partial charge in [-0.05, 0) is 25.7 Å². The van der Waals surface area contributed by atoms with E-state index in [2.05, 4.69) is 13.8 Å². The minimum atomic E-state index is -3.13. The van der Waals surface area contributed by atoms with Gasteiger partial charge in [0.1, 0.15) is 0 Å². The number of carboxylic acids is 2. The van der Waals surface area contributed by atoms with Crippen molar-refractivity contribution in [3.63, 3.8) is 0 Å². The van der Waals surface area contributed by atoms with Crippen LogP contribution in [0.25, 0.3) is 0 Å². The van der Waals surface area contributed by atoms with Crippen LogP contribution in [0.4, 0.5) is 0 Å². The van der Waals surface area contributed by atoms with E-state index in [9.17, 15) is 19.8 Å². The first kappa shape index (κ1) is 50.2. The van der Waals surface area contributed by atoms with Crippen molar-refractivity contribution in [3.8, 4) is 0 Å². The summed E-state index contributed by atoms with van der Waals surface area (Å²) in [6, 6.07) is 0. The van der Waals surface area contributed by atoms with E-state index in [4.69, 9.17) is 37.7 Å². The fraction of sp³-hybridized carbons (Fsp3) is 0.944. The number of hydrogen-bond donors (Lipinski definition) is 0. The molecule has 0 rings (SSSR count). The third kappa shape index (κ3) is 67.8. The van der Waals surface area contributed by atoms with Crippen molar-refractivity contribution in [3.05, 3.63) is 0 Å². The van der Waals surface area contributed by atoms with E-state index in [1.165, 1.54) is 167 Å². The van der Waals surface area contributed by atoms with Crippen LogP contribution in [0.1, 0.15) is 219 Å². The molecular weight excluding hydrogens is 734 g/mol. The zero-order valence-electron chi connectivity index (χ0n) is 29.2. The van der Waals surface area contributed by atoms with Gasteiger partial charge in [0.15, 0.2) is 0 Å². The van der Waals surface area contributed by atoms with Crippen LogP contribution in [-0.2, 0) is 21.5 Å². The van der Waals surface area contributed by atoms with E-state index >= 15 is 0 Å². The summed E-state index contributed by atoms with van der Waals surface area (Å²) in [6.45, 7) is 4.53. The summed E-state index contributed by atoms with van der Waals surface area (Å²) in [5, 5.41) is 20.4. The van der Waals surface area contributed by atoms with Gasteiger partial charge in [0.25, 0.3) is 0 Å². The Morgan fingerprint density at radius 2 is 0.489 bits per heavy atom. The quantitative estimate of drug-likeness (QED) is 0.0501. The molecule has 0 saturated carbocycles. The van der Waals surface area contributed by atoms with Gasteiger partial charge in [-0.3, -0.25) is 0 Å². The molecule has 0 aliphatic rings. The number of carbonyl (C=O) groups excluding carboxylic acids is 2. The first-order chi connectivity index (χ1) is 21.5. The van der Waals surface area contributed by atoms with Gasteiger partial charge in [0.2, 0.25) is 0 Å². The summed E-state index contributed by atoms with van der Waals surface area (Å²) in [7, 11) is 20.1. The van der Waals surface area contributed by atoms with E-state index in [0.717, 1.165) is 25.7 Å². The number of hydrogen-bond acceptors (Lipinski definition) is 4. The van der Waals surface area contributed by atoms with Gasteiger partial charge in [0, 0.05) is 11.9 Å². The molecule has 0 aromatic heterocycles. The van der Waals surface area contributed by atoms with Crippen LogP contribution in [0.3, 0.4) is 0 Å². The molecule has 0 amide bonds. The van der Waals surface area contributed by atoms with Gasteiger partial charge in [-0.15, -0.1) is 0 Å². The summed E-state index contributed by atoms with van der Waals surface area (Å²) in [4.78, 5) is 20.4. The van der Waals surface area contributed by atoms with Crippen LogP contribution in [-0.4, -0.2) is 11.9 Å². The summed E-state index contributed by atoms with van der Waals surface area (Å²) < 4.78 is 0. The molecule has 9 heteroatoms. The predicted molar refractivity (Wildman–Crippen MR) is 193 cm³/mol. The predicted octanol–water partition coefficient (Wildman–Crippen LogP) is 12.8. The molecule has 0 aliphatic carbocycles. The topological polar surface area (TPSA) is 80.3 Å². The number of carboxylic acid groups (broad SMARTS) is 2. The molecule has 272 valence electrons. The van der Waals surface area contributed by atoms with Crippen LogP contribution in [0.15, 0.2) is 0 Å². The van der Waals surface area contributed by atoms with Gasteiger partial charge < -0.3 is 19.8 Å². The average Bonchev–Trinajstić information content (AvgIpc) is 2.96. The van der Waals surface area contributed by atoms with Crippen LogP contribution in [0.2, 0.25) is 0 Å². The van der Waals surface area contributed by atoms with Gasteiger partial charge in [0.05, 0.1) is 0 Å². The first-order valence-corrected chi connectivity index (χ1v) is 28.9. The Morgan fingerprint density at radius 1 is 0.356 bits per heavy atom. The second kappa shape index (κ2) is 42.8. The average molecular weight is 805 g/mol. The van der Waals surface area contributed by atoms with E-state index in [-0.39, 0.29) is 12.8 Å². The van der Waals surface area contributed by atoms with Gasteiger partial charge in [-0.2, -0.15) is 0 Å². The van der Waals surface area contributed by atoms with Crippen molar-refractivity contribution < 1.29 is 31.7 Å². The first-order valence-electron chi connectivity index (χ1n) is 18.6.